The van der Waals surface area contributed by atoms with Gasteiger partial charge in [-0.15, -0.1) is 0 Å². The Morgan fingerprint density at radius 1 is 0.897 bits per heavy atom. The Bertz CT molecular complexity index is 1440. The van der Waals surface area contributed by atoms with Crippen molar-refractivity contribution in [1.29, 1.82) is 0 Å². The zero-order valence-electron chi connectivity index (χ0n) is 21.9. The molecule has 0 aliphatic rings. The Labute approximate surface area is 235 Å². The molecular weight excluding hydrogens is 547 g/mol. The molecule has 0 fully saturated rings. The van der Waals surface area contributed by atoms with E-state index < -0.39 is 0 Å². The number of ether oxygens (including phenoxy) is 2. The summed E-state index contributed by atoms with van der Waals surface area (Å²) in [4.78, 5) is 27.0. The van der Waals surface area contributed by atoms with E-state index in [1.54, 1.807) is 50.0 Å². The van der Waals surface area contributed by atoms with Crippen molar-refractivity contribution in [1.82, 2.24) is 24.5 Å². The third-order valence-corrected chi connectivity index (χ3v) is 6.32. The molecule has 0 bridgehead atoms. The molecule has 0 saturated carbocycles. The Kier molecular flexibility index (Phi) is 10.4. The lowest BCUT2D eigenvalue weighted by atomic mass is 10.2. The average Bonchev–Trinajstić information content (AvgIpc) is 3.35. The molecular formula is C26H28Cl2N6O5. The minimum absolute atomic E-state index is 0.0103. The van der Waals surface area contributed by atoms with Gasteiger partial charge in [-0.25, -0.2) is 0 Å². The van der Waals surface area contributed by atoms with Gasteiger partial charge in [0.2, 0.25) is 0 Å². The molecule has 206 valence electrons. The number of nitrogens with zero attached hydrogens (tertiary/aromatic N) is 6. The topological polar surface area (TPSA) is 128 Å². The molecule has 0 aliphatic carbocycles. The fraction of sp³-hybridized carbons (Fsp3) is 0.308. The molecule has 0 atom stereocenters. The smallest absolute Gasteiger partial charge is 0.327 e. The maximum atomic E-state index is 11.5. The number of esters is 2. The summed E-state index contributed by atoms with van der Waals surface area (Å²) in [5, 5.41) is 20.9. The first-order chi connectivity index (χ1) is 18.7. The van der Waals surface area contributed by atoms with E-state index in [2.05, 4.69) is 15.2 Å². The summed E-state index contributed by atoms with van der Waals surface area (Å²) < 4.78 is 13.5. The zero-order chi connectivity index (χ0) is 28.5. The van der Waals surface area contributed by atoms with Crippen LogP contribution in [0.4, 0.5) is 0 Å². The van der Waals surface area contributed by atoms with Gasteiger partial charge in [0.25, 0.3) is 0 Å². The van der Waals surface area contributed by atoms with Gasteiger partial charge in [-0.2, -0.15) is 14.9 Å². The van der Waals surface area contributed by atoms with Crippen molar-refractivity contribution in [3.05, 3.63) is 75.7 Å². The molecule has 4 heterocycles. The van der Waals surface area contributed by atoms with Crippen molar-refractivity contribution in [2.45, 2.75) is 40.8 Å². The van der Waals surface area contributed by atoms with Gasteiger partial charge in [-0.1, -0.05) is 23.2 Å². The van der Waals surface area contributed by atoms with E-state index in [0.29, 0.717) is 50.6 Å². The van der Waals surface area contributed by atoms with Crippen molar-refractivity contribution in [3.8, 4) is 22.5 Å². The van der Waals surface area contributed by atoms with E-state index in [1.807, 2.05) is 19.1 Å². The molecule has 4 rings (SSSR count). The molecule has 0 amide bonds. The molecule has 39 heavy (non-hydrogen) atoms. The highest BCUT2D eigenvalue weighted by molar-refractivity contribution is 6.34. The Hall–Kier alpha value is -3.96. The molecule has 4 aromatic heterocycles. The monoisotopic (exact) mass is 574 g/mol. The van der Waals surface area contributed by atoms with E-state index >= 15 is 0 Å². The van der Waals surface area contributed by atoms with Crippen LogP contribution in [0.15, 0.2) is 49.1 Å². The number of hydrogen-bond donors (Lipinski definition) is 0. The minimum Gasteiger partial charge on any atom is -0.619 e. The molecule has 11 nitrogen and oxygen atoms in total. The summed E-state index contributed by atoms with van der Waals surface area (Å²) in [6.07, 6.45) is 6.12. The second kappa shape index (κ2) is 13.7. The van der Waals surface area contributed by atoms with Gasteiger partial charge in [-0.3, -0.25) is 23.9 Å². The first-order valence-electron chi connectivity index (χ1n) is 12.0. The molecule has 0 saturated heterocycles. The lowest BCUT2D eigenvalue weighted by molar-refractivity contribution is -0.604. The summed E-state index contributed by atoms with van der Waals surface area (Å²) in [5.41, 5.74) is 3.89. The summed E-state index contributed by atoms with van der Waals surface area (Å²) >= 11 is 12.5. The van der Waals surface area contributed by atoms with Crippen LogP contribution < -0.4 is 4.73 Å². The highest BCUT2D eigenvalue weighted by Gasteiger charge is 2.18. The third-order valence-electron chi connectivity index (χ3n) is 5.42. The van der Waals surface area contributed by atoms with Gasteiger partial charge in [-0.05, 0) is 45.9 Å². The minimum atomic E-state index is -0.381. The Balaban J connectivity index is 0.000000216. The summed E-state index contributed by atoms with van der Waals surface area (Å²) in [6, 6.07) is 7.02. The van der Waals surface area contributed by atoms with Crippen LogP contribution in [0.25, 0.3) is 22.5 Å². The van der Waals surface area contributed by atoms with Crippen molar-refractivity contribution in [3.63, 3.8) is 0 Å². The summed E-state index contributed by atoms with van der Waals surface area (Å²) in [6.45, 7) is 7.78. The lowest BCUT2D eigenvalue weighted by Crippen LogP contribution is -2.24. The number of carbonyl (C=O) groups excluding carboxylic acids is 2. The average molecular weight is 575 g/mol. The molecule has 0 N–H and O–H groups in total. The molecule has 0 unspecified atom stereocenters. The van der Waals surface area contributed by atoms with Gasteiger partial charge in [0.05, 0.1) is 40.2 Å². The fourth-order valence-corrected chi connectivity index (χ4v) is 3.97. The van der Waals surface area contributed by atoms with Gasteiger partial charge in [0, 0.05) is 24.0 Å². The first-order valence-corrected chi connectivity index (χ1v) is 12.8. The number of rotatable bonds is 8. The van der Waals surface area contributed by atoms with E-state index in [0.717, 1.165) is 11.3 Å². The van der Waals surface area contributed by atoms with Crippen LogP contribution in [0.5, 0.6) is 0 Å². The number of pyridine rings is 2. The zero-order valence-corrected chi connectivity index (χ0v) is 23.4. The van der Waals surface area contributed by atoms with E-state index in [4.69, 9.17) is 32.7 Å². The number of hydrogen-bond acceptors (Lipinski definition) is 8. The van der Waals surface area contributed by atoms with Crippen LogP contribution in [0, 0.1) is 19.1 Å². The number of carbonyl (C=O) groups is 2. The highest BCUT2D eigenvalue weighted by Crippen LogP contribution is 2.30. The molecule has 0 radical (unpaired) electrons. The predicted molar refractivity (Wildman–Crippen MR) is 145 cm³/mol. The van der Waals surface area contributed by atoms with Gasteiger partial charge >= 0.3 is 11.9 Å². The van der Waals surface area contributed by atoms with Crippen molar-refractivity contribution >= 4 is 35.1 Å². The lowest BCUT2D eigenvalue weighted by Gasteiger charge is -2.03. The van der Waals surface area contributed by atoms with Crippen LogP contribution in [0.1, 0.15) is 25.2 Å². The van der Waals surface area contributed by atoms with E-state index in [9.17, 15) is 14.8 Å². The number of aromatic nitrogens is 6. The fourth-order valence-electron chi connectivity index (χ4n) is 3.48. The van der Waals surface area contributed by atoms with Crippen molar-refractivity contribution in [2.75, 3.05) is 13.2 Å². The SMILES string of the molecule is CCOC(=O)Cn1nc(-c2ccc[n+]([O-])c2)c(Cl)c1C.CCOC(=O)Cn1nc(-c2cccnc2)c(Cl)c1C. The van der Waals surface area contributed by atoms with E-state index in [-0.39, 0.29) is 25.0 Å². The standard InChI is InChI=1S/C13H14ClN3O3.C13H14ClN3O2/c1-3-20-11(18)8-17-9(2)12(14)13(15-17)10-5-4-6-16(19)7-10;1-3-19-11(18)8-17-9(2)12(14)13(16-17)10-5-4-6-15-7-10/h4-7H,3,8H2,1-2H3;4-7H,3,8H2,1-2H3. The van der Waals surface area contributed by atoms with E-state index in [1.165, 1.54) is 17.1 Å². The van der Waals surface area contributed by atoms with Gasteiger partial charge < -0.3 is 14.7 Å². The van der Waals surface area contributed by atoms with Gasteiger partial charge in [0.15, 0.2) is 12.4 Å². The maximum Gasteiger partial charge on any atom is 0.327 e. The van der Waals surface area contributed by atoms with Crippen LogP contribution in [-0.2, 0) is 32.2 Å². The van der Waals surface area contributed by atoms with Crippen LogP contribution >= 0.6 is 23.2 Å². The number of halogens is 2. The predicted octanol–water partition coefficient (Wildman–Crippen LogP) is 4.18. The van der Waals surface area contributed by atoms with Crippen LogP contribution in [0.3, 0.4) is 0 Å². The second-order valence-corrected chi connectivity index (χ2v) is 8.87. The Morgan fingerprint density at radius 2 is 1.41 bits per heavy atom. The molecule has 0 aliphatic heterocycles. The first kappa shape index (κ1) is 29.6. The van der Waals surface area contributed by atoms with Crippen molar-refractivity contribution in [2.24, 2.45) is 0 Å². The quantitative estimate of drug-likeness (QED) is 0.174. The largest absolute Gasteiger partial charge is 0.619 e. The van der Waals surface area contributed by atoms with Gasteiger partial charge in [0.1, 0.15) is 24.5 Å². The third kappa shape index (κ3) is 7.55. The maximum absolute atomic E-state index is 11.5. The Morgan fingerprint density at radius 3 is 1.87 bits per heavy atom. The molecule has 4 aromatic rings. The van der Waals surface area contributed by atoms with Crippen LogP contribution in [-0.4, -0.2) is 49.7 Å². The summed E-state index contributed by atoms with van der Waals surface area (Å²) in [7, 11) is 0. The molecule has 13 heteroatoms. The summed E-state index contributed by atoms with van der Waals surface area (Å²) in [5.74, 6) is -0.712. The molecule has 0 spiro atoms. The normalized spacial score (nSPS) is 10.5. The molecule has 0 aromatic carbocycles. The second-order valence-electron chi connectivity index (χ2n) is 8.12. The van der Waals surface area contributed by atoms with Crippen molar-refractivity contribution < 1.29 is 23.8 Å². The highest BCUT2D eigenvalue weighted by atomic mass is 35.5. The van der Waals surface area contributed by atoms with Crippen LogP contribution in [0.2, 0.25) is 10.0 Å².